The minimum Gasteiger partial charge on any atom is -0.495 e. The summed E-state index contributed by atoms with van der Waals surface area (Å²) in [6, 6.07) is 1.95. The van der Waals surface area contributed by atoms with Gasteiger partial charge in [0.2, 0.25) is 0 Å². The van der Waals surface area contributed by atoms with Gasteiger partial charge >= 0.3 is 0 Å². The maximum atomic E-state index is 12.8. The Hall–Kier alpha value is -0.990. The third kappa shape index (κ3) is 2.19. The van der Waals surface area contributed by atoms with Gasteiger partial charge < -0.3 is 4.74 Å². The molecule has 0 spiro atoms. The molecular weight excluding hydrogens is 319 g/mol. The molecule has 22 heavy (non-hydrogen) atoms. The van der Waals surface area contributed by atoms with Crippen molar-refractivity contribution in [3.63, 3.8) is 0 Å². The molecule has 0 heterocycles. The summed E-state index contributed by atoms with van der Waals surface area (Å²) in [6.07, 6.45) is 7.35. The lowest BCUT2D eigenvalue weighted by atomic mass is 9.69. The fourth-order valence-electron chi connectivity index (χ4n) is 3.87. The summed E-state index contributed by atoms with van der Waals surface area (Å²) in [7, 11) is 1.59. The van der Waals surface area contributed by atoms with E-state index in [2.05, 4.69) is 13.0 Å². The van der Waals surface area contributed by atoms with Gasteiger partial charge in [-0.2, -0.15) is 0 Å². The number of unbranched alkanes of at least 4 members (excludes halogenated alkanes) is 1. The van der Waals surface area contributed by atoms with Crippen molar-refractivity contribution >= 4 is 34.6 Å². The average molecular weight is 339 g/mol. The standard InChI is InChI=1S/C18H20Cl2O2/c1-3-4-8-18-10-11-9-13(22-2)16(19)17(20)15(11)12(18)6-5-7-14(18)21/h6,9H,3-5,7-8,10H2,1-2H3. The Morgan fingerprint density at radius 1 is 1.32 bits per heavy atom. The van der Waals surface area contributed by atoms with E-state index in [4.69, 9.17) is 27.9 Å². The van der Waals surface area contributed by atoms with Crippen molar-refractivity contribution in [2.24, 2.45) is 5.41 Å². The van der Waals surface area contributed by atoms with Crippen molar-refractivity contribution in [3.8, 4) is 5.75 Å². The third-order valence-corrected chi connectivity index (χ3v) is 5.81. The SMILES string of the molecule is CCCCC12Cc3cc(OC)c(Cl)c(Cl)c3C1=CCCC2=O. The molecule has 0 amide bonds. The largest absolute Gasteiger partial charge is 0.495 e. The highest BCUT2D eigenvalue weighted by Crippen LogP contribution is 2.57. The number of fused-ring (bicyclic) bond motifs is 3. The van der Waals surface area contributed by atoms with Crippen LogP contribution in [0.5, 0.6) is 5.75 Å². The second-order valence-corrected chi connectivity index (χ2v) is 6.94. The number of halogens is 2. The van der Waals surface area contributed by atoms with E-state index >= 15 is 0 Å². The van der Waals surface area contributed by atoms with Crippen molar-refractivity contribution in [2.45, 2.75) is 45.4 Å². The Morgan fingerprint density at radius 3 is 2.77 bits per heavy atom. The number of ketones is 1. The highest BCUT2D eigenvalue weighted by atomic mass is 35.5. The fourth-order valence-corrected chi connectivity index (χ4v) is 4.41. The lowest BCUT2D eigenvalue weighted by Crippen LogP contribution is -2.33. The molecule has 0 radical (unpaired) electrons. The molecule has 1 aromatic carbocycles. The number of allylic oxidation sites excluding steroid dienone is 2. The summed E-state index contributed by atoms with van der Waals surface area (Å²) in [5, 5.41) is 0.962. The van der Waals surface area contributed by atoms with Gasteiger partial charge in [-0.15, -0.1) is 0 Å². The first-order chi connectivity index (χ1) is 10.5. The van der Waals surface area contributed by atoms with E-state index in [1.165, 1.54) is 0 Å². The van der Waals surface area contributed by atoms with Gasteiger partial charge in [0.25, 0.3) is 0 Å². The van der Waals surface area contributed by atoms with Gasteiger partial charge in [-0.1, -0.05) is 49.0 Å². The molecule has 0 fully saturated rings. The van der Waals surface area contributed by atoms with E-state index in [1.807, 2.05) is 6.07 Å². The lowest BCUT2D eigenvalue weighted by molar-refractivity contribution is -0.126. The molecule has 118 valence electrons. The monoisotopic (exact) mass is 338 g/mol. The summed E-state index contributed by atoms with van der Waals surface area (Å²) < 4.78 is 5.32. The maximum absolute atomic E-state index is 12.8. The fraction of sp³-hybridized carbons (Fsp3) is 0.500. The molecular formula is C18H20Cl2O2. The molecule has 0 N–H and O–H groups in total. The molecule has 2 aliphatic carbocycles. The highest BCUT2D eigenvalue weighted by Gasteiger charge is 2.49. The van der Waals surface area contributed by atoms with Crippen LogP contribution < -0.4 is 4.74 Å². The van der Waals surface area contributed by atoms with Crippen LogP contribution >= 0.6 is 23.2 Å². The van der Waals surface area contributed by atoms with E-state index in [-0.39, 0.29) is 0 Å². The van der Waals surface area contributed by atoms with Crippen LogP contribution in [0, 0.1) is 5.41 Å². The molecule has 0 bridgehead atoms. The number of carbonyl (C=O) groups excluding carboxylic acids is 1. The lowest BCUT2D eigenvalue weighted by Gasteiger charge is -2.33. The zero-order valence-electron chi connectivity index (χ0n) is 13.0. The van der Waals surface area contributed by atoms with Gasteiger partial charge in [0.05, 0.1) is 17.5 Å². The van der Waals surface area contributed by atoms with Crippen molar-refractivity contribution in [2.75, 3.05) is 7.11 Å². The summed E-state index contributed by atoms with van der Waals surface area (Å²) in [5.41, 5.74) is 2.76. The second kappa shape index (κ2) is 5.90. The Balaban J connectivity index is 2.17. The molecule has 1 atom stereocenters. The minimum absolute atomic E-state index is 0.348. The summed E-state index contributed by atoms with van der Waals surface area (Å²) >= 11 is 12.8. The van der Waals surface area contributed by atoms with E-state index in [1.54, 1.807) is 7.11 Å². The minimum atomic E-state index is -0.393. The van der Waals surface area contributed by atoms with Gasteiger partial charge in [0.1, 0.15) is 16.6 Å². The number of rotatable bonds is 4. The Kier molecular flexibility index (Phi) is 4.26. The molecule has 4 heteroatoms. The number of methoxy groups -OCH3 is 1. The molecule has 1 unspecified atom stereocenters. The molecule has 1 aromatic rings. The quantitative estimate of drug-likeness (QED) is 0.726. The molecule has 0 aliphatic heterocycles. The molecule has 0 saturated heterocycles. The normalized spacial score (nSPS) is 23.1. The van der Waals surface area contributed by atoms with Crippen LogP contribution in [-0.2, 0) is 11.2 Å². The zero-order valence-corrected chi connectivity index (χ0v) is 14.5. The van der Waals surface area contributed by atoms with E-state index in [0.717, 1.165) is 48.8 Å². The van der Waals surface area contributed by atoms with Crippen LogP contribution in [0.1, 0.15) is 50.2 Å². The Labute approximate surface area is 141 Å². The predicted molar refractivity (Wildman–Crippen MR) is 90.9 cm³/mol. The van der Waals surface area contributed by atoms with Gasteiger partial charge in [0, 0.05) is 12.0 Å². The van der Waals surface area contributed by atoms with Crippen LogP contribution in [0.4, 0.5) is 0 Å². The number of ether oxygens (including phenoxy) is 1. The smallest absolute Gasteiger partial charge is 0.144 e. The van der Waals surface area contributed by atoms with Crippen molar-refractivity contribution in [1.29, 1.82) is 0 Å². The van der Waals surface area contributed by atoms with Crippen LogP contribution in [0.3, 0.4) is 0 Å². The number of Topliss-reactive ketones (excluding diaryl/α,β-unsaturated/α-hetero) is 1. The van der Waals surface area contributed by atoms with Crippen LogP contribution in [0.25, 0.3) is 5.57 Å². The molecule has 0 saturated carbocycles. The third-order valence-electron chi connectivity index (χ3n) is 4.96. The number of benzene rings is 1. The van der Waals surface area contributed by atoms with Crippen molar-refractivity contribution < 1.29 is 9.53 Å². The molecule has 3 rings (SSSR count). The number of carbonyl (C=O) groups is 1. The Bertz CT molecular complexity index is 664. The van der Waals surface area contributed by atoms with E-state index in [9.17, 15) is 4.79 Å². The van der Waals surface area contributed by atoms with Gasteiger partial charge in [-0.3, -0.25) is 4.79 Å². The molecule has 0 aromatic heterocycles. The first-order valence-corrected chi connectivity index (χ1v) is 8.60. The van der Waals surface area contributed by atoms with Crippen LogP contribution in [-0.4, -0.2) is 12.9 Å². The van der Waals surface area contributed by atoms with Gasteiger partial charge in [-0.25, -0.2) is 0 Å². The summed E-state index contributed by atoms with van der Waals surface area (Å²) in [5.74, 6) is 0.934. The van der Waals surface area contributed by atoms with Crippen LogP contribution in [0.15, 0.2) is 12.1 Å². The number of hydrogen-bond donors (Lipinski definition) is 0. The molecule has 2 aliphatic rings. The van der Waals surface area contributed by atoms with Crippen molar-refractivity contribution in [3.05, 3.63) is 33.3 Å². The van der Waals surface area contributed by atoms with Gasteiger partial charge in [0.15, 0.2) is 0 Å². The van der Waals surface area contributed by atoms with Gasteiger partial charge in [-0.05, 0) is 36.5 Å². The summed E-state index contributed by atoms with van der Waals surface area (Å²) in [4.78, 5) is 12.8. The average Bonchev–Trinajstić information content (AvgIpc) is 2.85. The van der Waals surface area contributed by atoms with Crippen molar-refractivity contribution in [1.82, 2.24) is 0 Å². The predicted octanol–water partition coefficient (Wildman–Crippen LogP) is 5.48. The molecule has 2 nitrogen and oxygen atoms in total. The Morgan fingerprint density at radius 2 is 2.09 bits per heavy atom. The highest BCUT2D eigenvalue weighted by molar-refractivity contribution is 6.44. The topological polar surface area (TPSA) is 26.3 Å². The zero-order chi connectivity index (χ0) is 15.9. The number of hydrogen-bond acceptors (Lipinski definition) is 2. The maximum Gasteiger partial charge on any atom is 0.144 e. The van der Waals surface area contributed by atoms with E-state index in [0.29, 0.717) is 28.0 Å². The van der Waals surface area contributed by atoms with Crippen LogP contribution in [0.2, 0.25) is 10.0 Å². The summed E-state index contributed by atoms with van der Waals surface area (Å²) in [6.45, 7) is 2.16. The first-order valence-electron chi connectivity index (χ1n) is 7.84. The second-order valence-electron chi connectivity index (χ2n) is 6.18. The van der Waals surface area contributed by atoms with E-state index < -0.39 is 5.41 Å². The first kappa shape index (κ1) is 15.9.